The maximum atomic E-state index is 12.0. The molecule has 1 aliphatic rings. The molecule has 0 aliphatic carbocycles. The number of carbonyl (C=O) groups is 1. The molecule has 0 aromatic heterocycles. The van der Waals surface area contributed by atoms with Crippen LogP contribution < -0.4 is 0 Å². The van der Waals surface area contributed by atoms with Gasteiger partial charge in [-0.3, -0.25) is 4.79 Å². The van der Waals surface area contributed by atoms with E-state index < -0.39 is 0 Å². The minimum absolute atomic E-state index is 0.108. The second-order valence-corrected chi connectivity index (χ2v) is 5.29. The zero-order valence-electron chi connectivity index (χ0n) is 11.1. The van der Waals surface area contributed by atoms with Crippen molar-refractivity contribution in [2.24, 2.45) is 0 Å². The second kappa shape index (κ2) is 5.35. The van der Waals surface area contributed by atoms with E-state index in [1.54, 1.807) is 6.08 Å². The summed E-state index contributed by atoms with van der Waals surface area (Å²) in [6.45, 7) is 16.4. The van der Waals surface area contributed by atoms with Gasteiger partial charge >= 0.3 is 0 Å². The summed E-state index contributed by atoms with van der Waals surface area (Å²) in [5.41, 5.74) is 2.13. The van der Waals surface area contributed by atoms with Gasteiger partial charge < -0.3 is 4.90 Å². The van der Waals surface area contributed by atoms with Crippen LogP contribution in [0.2, 0.25) is 0 Å². The molecule has 1 fully saturated rings. The molecule has 0 N–H and O–H groups in total. The minimum Gasteiger partial charge on any atom is -0.333 e. The molecule has 0 bridgehead atoms. The van der Waals surface area contributed by atoms with Gasteiger partial charge in [0.15, 0.2) is 0 Å². The van der Waals surface area contributed by atoms with Crippen molar-refractivity contribution in [2.75, 3.05) is 6.54 Å². The van der Waals surface area contributed by atoms with Gasteiger partial charge in [0.1, 0.15) is 0 Å². The third-order valence-corrected chi connectivity index (χ3v) is 3.25. The first-order chi connectivity index (χ1) is 7.91. The summed E-state index contributed by atoms with van der Waals surface area (Å²) in [4.78, 5) is 13.9. The first-order valence-electron chi connectivity index (χ1n) is 6.11. The predicted molar refractivity (Wildman–Crippen MR) is 72.7 cm³/mol. The first kappa shape index (κ1) is 13.8. The Balaban J connectivity index is 3.01. The summed E-state index contributed by atoms with van der Waals surface area (Å²) >= 11 is 0. The zero-order valence-corrected chi connectivity index (χ0v) is 11.1. The molecule has 0 spiro atoms. The Hall–Kier alpha value is -1.31. The van der Waals surface area contributed by atoms with Crippen molar-refractivity contribution in [3.05, 3.63) is 37.0 Å². The van der Waals surface area contributed by atoms with Crippen molar-refractivity contribution in [3.8, 4) is 0 Å². The van der Waals surface area contributed by atoms with Crippen molar-refractivity contribution >= 4 is 5.91 Å². The van der Waals surface area contributed by atoms with Crippen LogP contribution in [-0.4, -0.2) is 22.9 Å². The number of rotatable bonds is 6. The first-order valence-corrected chi connectivity index (χ1v) is 6.11. The Bertz CT molecular complexity index is 338. The maximum absolute atomic E-state index is 12.0. The van der Waals surface area contributed by atoms with Crippen LogP contribution in [0.15, 0.2) is 37.0 Å². The second-order valence-electron chi connectivity index (χ2n) is 5.29. The summed E-state index contributed by atoms with van der Waals surface area (Å²) in [6, 6.07) is 0. The van der Waals surface area contributed by atoms with Crippen LogP contribution in [0.4, 0.5) is 0 Å². The third kappa shape index (κ3) is 3.09. The van der Waals surface area contributed by atoms with Gasteiger partial charge in [0.05, 0.1) is 5.54 Å². The van der Waals surface area contributed by atoms with Gasteiger partial charge in [-0.05, 0) is 33.1 Å². The Kier molecular flexibility index (Phi) is 4.33. The molecule has 0 unspecified atom stereocenters. The van der Waals surface area contributed by atoms with Crippen molar-refractivity contribution < 1.29 is 4.79 Å². The van der Waals surface area contributed by atoms with E-state index in [9.17, 15) is 4.79 Å². The fourth-order valence-corrected chi connectivity index (χ4v) is 2.85. The van der Waals surface area contributed by atoms with Gasteiger partial charge in [0, 0.05) is 13.0 Å². The molecule has 1 aliphatic heterocycles. The molecule has 2 heteroatoms. The van der Waals surface area contributed by atoms with Crippen LogP contribution in [0.25, 0.3) is 0 Å². The van der Waals surface area contributed by atoms with Crippen LogP contribution in [0.5, 0.6) is 0 Å². The molecule has 17 heavy (non-hydrogen) atoms. The molecule has 0 aromatic rings. The average Bonchev–Trinajstić information content (AvgIpc) is 2.45. The van der Waals surface area contributed by atoms with E-state index >= 15 is 0 Å². The molecule has 0 radical (unpaired) electrons. The molecule has 1 saturated heterocycles. The SMILES string of the molecule is C=CCN1C(=O)CCC1(CC(=C)C)CC(=C)C. The number of likely N-dealkylation sites (tertiary alicyclic amines) is 1. The zero-order chi connectivity index (χ0) is 13.1. The fraction of sp³-hybridized carbons (Fsp3) is 0.533. The van der Waals surface area contributed by atoms with Crippen molar-refractivity contribution in [1.29, 1.82) is 0 Å². The van der Waals surface area contributed by atoms with E-state index in [1.807, 2.05) is 18.7 Å². The molecule has 1 heterocycles. The van der Waals surface area contributed by atoms with Gasteiger partial charge in [-0.15, -0.1) is 19.7 Å². The van der Waals surface area contributed by atoms with Gasteiger partial charge in [-0.25, -0.2) is 0 Å². The number of amides is 1. The Morgan fingerprint density at radius 1 is 1.35 bits per heavy atom. The average molecular weight is 233 g/mol. The molecule has 94 valence electrons. The molecule has 0 atom stereocenters. The minimum atomic E-state index is -0.108. The molecule has 1 rings (SSSR count). The van der Waals surface area contributed by atoms with Crippen LogP contribution in [-0.2, 0) is 4.79 Å². The van der Waals surface area contributed by atoms with E-state index in [-0.39, 0.29) is 11.4 Å². The highest BCUT2D eigenvalue weighted by Crippen LogP contribution is 2.39. The smallest absolute Gasteiger partial charge is 0.223 e. The molecular weight excluding hydrogens is 210 g/mol. The Morgan fingerprint density at radius 3 is 2.29 bits per heavy atom. The van der Waals surface area contributed by atoms with Crippen LogP contribution in [0.3, 0.4) is 0 Å². The third-order valence-electron chi connectivity index (χ3n) is 3.25. The van der Waals surface area contributed by atoms with Crippen molar-refractivity contribution in [2.45, 2.75) is 45.1 Å². The monoisotopic (exact) mass is 233 g/mol. The van der Waals surface area contributed by atoms with E-state index in [0.29, 0.717) is 13.0 Å². The highest BCUT2D eigenvalue weighted by molar-refractivity contribution is 5.80. The van der Waals surface area contributed by atoms with Gasteiger partial charge in [-0.2, -0.15) is 0 Å². The number of hydrogen-bond donors (Lipinski definition) is 0. The summed E-state index contributed by atoms with van der Waals surface area (Å²) < 4.78 is 0. The Labute approximate surface area is 105 Å². The maximum Gasteiger partial charge on any atom is 0.223 e. The van der Waals surface area contributed by atoms with E-state index in [4.69, 9.17) is 0 Å². The van der Waals surface area contributed by atoms with Crippen LogP contribution in [0, 0.1) is 0 Å². The molecule has 0 aromatic carbocycles. The van der Waals surface area contributed by atoms with Crippen LogP contribution in [0.1, 0.15) is 39.5 Å². The van der Waals surface area contributed by atoms with E-state index in [0.717, 1.165) is 30.4 Å². The molecule has 0 saturated carbocycles. The lowest BCUT2D eigenvalue weighted by molar-refractivity contribution is -0.130. The lowest BCUT2D eigenvalue weighted by Gasteiger charge is -2.39. The fourth-order valence-electron chi connectivity index (χ4n) is 2.85. The van der Waals surface area contributed by atoms with Crippen molar-refractivity contribution in [3.63, 3.8) is 0 Å². The largest absolute Gasteiger partial charge is 0.333 e. The number of nitrogens with zero attached hydrogens (tertiary/aromatic N) is 1. The summed E-state index contributed by atoms with van der Waals surface area (Å²) in [5.74, 6) is 0.229. The summed E-state index contributed by atoms with van der Waals surface area (Å²) in [7, 11) is 0. The normalized spacial score (nSPS) is 18.2. The number of carbonyl (C=O) groups excluding carboxylic acids is 1. The summed E-state index contributed by atoms with van der Waals surface area (Å²) in [5, 5.41) is 0. The van der Waals surface area contributed by atoms with Gasteiger partial charge in [0.25, 0.3) is 0 Å². The molecule has 2 nitrogen and oxygen atoms in total. The van der Waals surface area contributed by atoms with Crippen molar-refractivity contribution in [1.82, 2.24) is 4.90 Å². The van der Waals surface area contributed by atoms with E-state index in [1.165, 1.54) is 0 Å². The summed E-state index contributed by atoms with van der Waals surface area (Å²) in [6.07, 6.45) is 5.06. The van der Waals surface area contributed by atoms with Gasteiger partial charge in [-0.1, -0.05) is 17.2 Å². The number of hydrogen-bond acceptors (Lipinski definition) is 1. The molecular formula is C15H23NO. The lowest BCUT2D eigenvalue weighted by atomic mass is 9.83. The highest BCUT2D eigenvalue weighted by Gasteiger charge is 2.44. The quantitative estimate of drug-likeness (QED) is 0.643. The van der Waals surface area contributed by atoms with E-state index in [2.05, 4.69) is 19.7 Å². The molecule has 1 amide bonds. The predicted octanol–water partition coefficient (Wildman–Crippen LogP) is 3.47. The topological polar surface area (TPSA) is 20.3 Å². The Morgan fingerprint density at radius 2 is 1.88 bits per heavy atom. The lowest BCUT2D eigenvalue weighted by Crippen LogP contribution is -2.46. The highest BCUT2D eigenvalue weighted by atomic mass is 16.2. The van der Waals surface area contributed by atoms with Gasteiger partial charge in [0.2, 0.25) is 5.91 Å². The standard InChI is InChI=1S/C15H23NO/c1-6-9-16-14(17)7-8-15(16,10-12(2)3)11-13(4)5/h6H,1-2,4,7-11H2,3,5H3. The van der Waals surface area contributed by atoms with Crippen LogP contribution >= 0.6 is 0 Å².